The smallest absolute Gasteiger partial charge is 0.304 e. The zero-order valence-electron chi connectivity index (χ0n) is 8.52. The first kappa shape index (κ1) is 10.4. The lowest BCUT2D eigenvalue weighted by Crippen LogP contribution is -2.50. The van der Waals surface area contributed by atoms with E-state index in [0.717, 1.165) is 25.7 Å². The molecule has 2 aliphatic rings. The number of hydrogen-bond donors (Lipinski definition) is 1. The van der Waals surface area contributed by atoms with Crippen molar-refractivity contribution >= 4 is 5.97 Å². The van der Waals surface area contributed by atoms with Gasteiger partial charge in [0.25, 0.3) is 0 Å². The second-order valence-electron chi connectivity index (χ2n) is 4.93. The minimum atomic E-state index is -0.901. The average molecular weight is 213 g/mol. The fourth-order valence-electron chi connectivity index (χ4n) is 3.60. The van der Waals surface area contributed by atoms with E-state index >= 15 is 0 Å². The molecule has 2 rings (SSSR count). The first-order valence-corrected chi connectivity index (χ1v) is 5.37. The summed E-state index contributed by atoms with van der Waals surface area (Å²) in [7, 11) is 0. The van der Waals surface area contributed by atoms with Crippen molar-refractivity contribution in [3.8, 4) is 0 Å². The van der Waals surface area contributed by atoms with E-state index in [1.165, 1.54) is 0 Å². The molecule has 2 saturated carbocycles. The largest absolute Gasteiger partial charge is 0.481 e. The first-order chi connectivity index (χ1) is 7.03. The van der Waals surface area contributed by atoms with Gasteiger partial charge in [0.2, 0.25) is 6.54 Å². The molecule has 0 unspecified atom stereocenters. The predicted octanol–water partition coefficient (Wildman–Crippen LogP) is 1.54. The Morgan fingerprint density at radius 2 is 2.27 bits per heavy atom. The highest BCUT2D eigenvalue weighted by Crippen LogP contribution is 2.60. The van der Waals surface area contributed by atoms with E-state index in [-0.39, 0.29) is 17.9 Å². The van der Waals surface area contributed by atoms with Crippen LogP contribution in [0.25, 0.3) is 0 Å². The highest BCUT2D eigenvalue weighted by Gasteiger charge is 2.58. The van der Waals surface area contributed by atoms with Gasteiger partial charge < -0.3 is 5.11 Å². The molecule has 0 heterocycles. The van der Waals surface area contributed by atoms with Crippen molar-refractivity contribution < 1.29 is 14.8 Å². The molecule has 0 aromatic carbocycles. The van der Waals surface area contributed by atoms with Crippen LogP contribution in [0.15, 0.2) is 0 Å². The maximum Gasteiger partial charge on any atom is 0.304 e. The van der Waals surface area contributed by atoms with E-state index in [0.29, 0.717) is 11.8 Å². The van der Waals surface area contributed by atoms with E-state index < -0.39 is 11.4 Å². The van der Waals surface area contributed by atoms with Crippen LogP contribution in [0.2, 0.25) is 0 Å². The molecule has 0 bridgehead atoms. The van der Waals surface area contributed by atoms with E-state index in [4.69, 9.17) is 5.11 Å². The van der Waals surface area contributed by atoms with Crippen LogP contribution in [-0.2, 0) is 4.79 Å². The number of nitro groups is 1. The SMILES string of the molecule is O=C(O)C[C@@]1(C[N+](=O)[O-])C[C@H]2CCC[C@H]21. The Bertz CT molecular complexity index is 286. The van der Waals surface area contributed by atoms with Gasteiger partial charge in [-0.1, -0.05) is 12.8 Å². The molecule has 0 aromatic rings. The molecule has 1 N–H and O–H groups in total. The molecule has 0 saturated heterocycles. The summed E-state index contributed by atoms with van der Waals surface area (Å²) in [6.07, 6.45) is 3.92. The summed E-state index contributed by atoms with van der Waals surface area (Å²) in [6, 6.07) is 0. The Hall–Kier alpha value is -1.13. The maximum absolute atomic E-state index is 10.8. The van der Waals surface area contributed by atoms with Gasteiger partial charge in [-0.05, 0) is 24.7 Å². The molecule has 0 spiro atoms. The fraction of sp³-hybridized carbons (Fsp3) is 0.900. The van der Waals surface area contributed by atoms with Crippen molar-refractivity contribution in [2.45, 2.75) is 32.1 Å². The normalized spacial score (nSPS) is 38.1. The lowest BCUT2D eigenvalue weighted by molar-refractivity contribution is -0.506. The monoisotopic (exact) mass is 213 g/mol. The van der Waals surface area contributed by atoms with Crippen LogP contribution < -0.4 is 0 Å². The zero-order valence-corrected chi connectivity index (χ0v) is 8.52. The van der Waals surface area contributed by atoms with Crippen molar-refractivity contribution in [3.05, 3.63) is 10.1 Å². The van der Waals surface area contributed by atoms with Gasteiger partial charge in [0.05, 0.1) is 6.42 Å². The summed E-state index contributed by atoms with van der Waals surface area (Å²) in [5, 5.41) is 19.4. The standard InChI is InChI=1S/C10H15NO4/c12-9(13)5-10(6-11(14)15)4-7-2-1-3-8(7)10/h7-8H,1-6H2,(H,12,13)/t7-,8-,10-/m1/s1. The van der Waals surface area contributed by atoms with Crippen LogP contribution in [0.5, 0.6) is 0 Å². The van der Waals surface area contributed by atoms with Crippen molar-refractivity contribution in [1.82, 2.24) is 0 Å². The van der Waals surface area contributed by atoms with Gasteiger partial charge in [0.15, 0.2) is 0 Å². The van der Waals surface area contributed by atoms with Crippen molar-refractivity contribution in [2.24, 2.45) is 17.3 Å². The number of nitrogens with zero attached hydrogens (tertiary/aromatic N) is 1. The van der Waals surface area contributed by atoms with Gasteiger partial charge >= 0.3 is 5.97 Å². The molecule has 0 aliphatic heterocycles. The number of aliphatic carboxylic acids is 1. The summed E-state index contributed by atoms with van der Waals surface area (Å²) in [5.41, 5.74) is -0.531. The second kappa shape index (κ2) is 3.47. The molecule has 5 nitrogen and oxygen atoms in total. The van der Waals surface area contributed by atoms with Gasteiger partial charge in [-0.25, -0.2) is 0 Å². The topological polar surface area (TPSA) is 80.4 Å². The number of carbonyl (C=O) groups is 1. The fourth-order valence-corrected chi connectivity index (χ4v) is 3.60. The third kappa shape index (κ3) is 1.70. The number of carboxylic acids is 1. The summed E-state index contributed by atoms with van der Waals surface area (Å²) in [6.45, 7) is -0.166. The number of fused-ring (bicyclic) bond motifs is 1. The number of hydrogen-bond acceptors (Lipinski definition) is 3. The quantitative estimate of drug-likeness (QED) is 0.567. The first-order valence-electron chi connectivity index (χ1n) is 5.37. The van der Waals surface area contributed by atoms with Crippen LogP contribution >= 0.6 is 0 Å². The third-order valence-corrected chi connectivity index (χ3v) is 4.06. The molecule has 84 valence electrons. The molecular formula is C10H15NO4. The van der Waals surface area contributed by atoms with Crippen LogP contribution in [0.1, 0.15) is 32.1 Å². The van der Waals surface area contributed by atoms with E-state index in [2.05, 4.69) is 0 Å². The minimum absolute atomic E-state index is 0.0326. The number of rotatable bonds is 4. The Kier molecular flexibility index (Phi) is 2.40. The Balaban J connectivity index is 2.10. The lowest BCUT2D eigenvalue weighted by atomic mass is 9.53. The maximum atomic E-state index is 10.8. The minimum Gasteiger partial charge on any atom is -0.481 e. The van der Waals surface area contributed by atoms with Crippen molar-refractivity contribution in [1.29, 1.82) is 0 Å². The van der Waals surface area contributed by atoms with Gasteiger partial charge in [-0.2, -0.15) is 0 Å². The van der Waals surface area contributed by atoms with Crippen LogP contribution in [0, 0.1) is 27.4 Å². The van der Waals surface area contributed by atoms with Crippen molar-refractivity contribution in [2.75, 3.05) is 6.54 Å². The highest BCUT2D eigenvalue weighted by molar-refractivity contribution is 5.68. The van der Waals surface area contributed by atoms with E-state index in [1.54, 1.807) is 0 Å². The number of carboxylic acid groups (broad SMARTS) is 1. The molecule has 0 amide bonds. The van der Waals surface area contributed by atoms with Gasteiger partial charge in [0.1, 0.15) is 0 Å². The molecule has 0 radical (unpaired) electrons. The summed E-state index contributed by atoms with van der Waals surface area (Å²) >= 11 is 0. The second-order valence-corrected chi connectivity index (χ2v) is 4.93. The van der Waals surface area contributed by atoms with Crippen molar-refractivity contribution in [3.63, 3.8) is 0 Å². The molecule has 2 aliphatic carbocycles. The summed E-state index contributed by atoms with van der Waals surface area (Å²) in [5.74, 6) is -0.0505. The summed E-state index contributed by atoms with van der Waals surface area (Å²) < 4.78 is 0. The third-order valence-electron chi connectivity index (χ3n) is 4.06. The molecular weight excluding hydrogens is 198 g/mol. The van der Waals surface area contributed by atoms with Crippen LogP contribution in [-0.4, -0.2) is 22.5 Å². The van der Waals surface area contributed by atoms with Gasteiger partial charge in [0, 0.05) is 10.3 Å². The molecule has 15 heavy (non-hydrogen) atoms. The summed E-state index contributed by atoms with van der Waals surface area (Å²) in [4.78, 5) is 21.0. The van der Waals surface area contributed by atoms with Crippen LogP contribution in [0.4, 0.5) is 0 Å². The lowest BCUT2D eigenvalue weighted by Gasteiger charge is -2.49. The van der Waals surface area contributed by atoms with E-state index in [1.807, 2.05) is 0 Å². The van der Waals surface area contributed by atoms with Crippen LogP contribution in [0.3, 0.4) is 0 Å². The van der Waals surface area contributed by atoms with Gasteiger partial charge in [-0.3, -0.25) is 14.9 Å². The molecule has 0 aromatic heterocycles. The predicted molar refractivity (Wildman–Crippen MR) is 52.0 cm³/mol. The van der Waals surface area contributed by atoms with Gasteiger partial charge in [-0.15, -0.1) is 0 Å². The molecule has 3 atom stereocenters. The average Bonchev–Trinajstić information content (AvgIpc) is 2.44. The Morgan fingerprint density at radius 1 is 1.53 bits per heavy atom. The Morgan fingerprint density at radius 3 is 2.80 bits per heavy atom. The molecule has 5 heteroatoms. The highest BCUT2D eigenvalue weighted by atomic mass is 16.6. The zero-order chi connectivity index (χ0) is 11.1. The Labute approximate surface area is 87.6 Å². The molecule has 2 fully saturated rings. The van der Waals surface area contributed by atoms with E-state index in [9.17, 15) is 14.9 Å².